The van der Waals surface area contributed by atoms with Gasteiger partial charge >= 0.3 is 0 Å². The molecule has 1 aromatic carbocycles. The molecule has 2 aromatic heterocycles. The third-order valence-electron chi connectivity index (χ3n) is 5.06. The number of anilines is 1. The normalized spacial score (nSPS) is 12.2. The van der Waals surface area contributed by atoms with Crippen molar-refractivity contribution in [1.29, 1.82) is 0 Å². The van der Waals surface area contributed by atoms with E-state index in [4.69, 9.17) is 10.6 Å². The van der Waals surface area contributed by atoms with Gasteiger partial charge in [-0.05, 0) is 44.4 Å². The number of nitrogens with zero attached hydrogens (tertiary/aromatic N) is 5. The second kappa shape index (κ2) is 9.42. The smallest absolute Gasteiger partial charge is 0.237 e. The molecule has 0 saturated heterocycles. The number of benzene rings is 1. The molecule has 0 fully saturated rings. The van der Waals surface area contributed by atoms with Crippen LogP contribution in [0.2, 0.25) is 0 Å². The number of hydrogen-bond acceptors (Lipinski definition) is 7. The molecule has 0 radical (unpaired) electrons. The number of carbonyl (C=O) groups is 1. The number of nitrogens with two attached hydrogens (primary N) is 1. The Morgan fingerprint density at radius 3 is 2.45 bits per heavy atom. The van der Waals surface area contributed by atoms with Gasteiger partial charge in [0.2, 0.25) is 11.1 Å². The predicted octanol–water partition coefficient (Wildman–Crippen LogP) is 3.16. The molecule has 2 heterocycles. The molecule has 3 rings (SSSR count). The first-order chi connectivity index (χ1) is 14.7. The summed E-state index contributed by atoms with van der Waals surface area (Å²) in [6.07, 6.45) is 0. The molecule has 0 aliphatic rings. The van der Waals surface area contributed by atoms with Gasteiger partial charge in [-0.1, -0.05) is 37.7 Å². The summed E-state index contributed by atoms with van der Waals surface area (Å²) in [6.45, 7) is 10.0. The zero-order chi connectivity index (χ0) is 22.7. The van der Waals surface area contributed by atoms with Gasteiger partial charge in [0.1, 0.15) is 12.4 Å². The van der Waals surface area contributed by atoms with Crippen molar-refractivity contribution in [1.82, 2.24) is 24.7 Å². The van der Waals surface area contributed by atoms with Crippen molar-refractivity contribution in [2.24, 2.45) is 7.05 Å². The largest absolute Gasteiger partial charge is 0.486 e. The van der Waals surface area contributed by atoms with E-state index in [1.807, 2.05) is 45.2 Å². The molecular weight excluding hydrogens is 414 g/mol. The van der Waals surface area contributed by atoms with E-state index >= 15 is 0 Å². The third kappa shape index (κ3) is 5.19. The summed E-state index contributed by atoms with van der Waals surface area (Å²) >= 11 is 1.23. The van der Waals surface area contributed by atoms with Gasteiger partial charge in [0.05, 0.1) is 22.3 Å². The highest BCUT2D eigenvalue weighted by Crippen LogP contribution is 2.25. The van der Waals surface area contributed by atoms with Crippen LogP contribution in [-0.4, -0.2) is 35.8 Å². The van der Waals surface area contributed by atoms with Crippen LogP contribution in [-0.2, 0) is 18.4 Å². The van der Waals surface area contributed by atoms with Gasteiger partial charge in [-0.25, -0.2) is 4.68 Å². The van der Waals surface area contributed by atoms with Crippen molar-refractivity contribution < 1.29 is 9.53 Å². The minimum absolute atomic E-state index is 0.157. The van der Waals surface area contributed by atoms with E-state index in [-0.39, 0.29) is 12.5 Å². The number of aromatic nitrogens is 5. The van der Waals surface area contributed by atoms with Crippen LogP contribution < -0.4 is 15.9 Å². The highest BCUT2D eigenvalue weighted by molar-refractivity contribution is 8.00. The Balaban J connectivity index is 1.59. The molecule has 0 unspecified atom stereocenters. The molecule has 1 atom stereocenters. The molecule has 1 amide bonds. The Kier molecular flexibility index (Phi) is 6.89. The van der Waals surface area contributed by atoms with Gasteiger partial charge in [0, 0.05) is 7.05 Å². The highest BCUT2D eigenvalue weighted by atomic mass is 32.2. The highest BCUT2D eigenvalue weighted by Gasteiger charge is 2.22. The maximum Gasteiger partial charge on any atom is 0.237 e. The van der Waals surface area contributed by atoms with E-state index in [0.717, 1.165) is 22.8 Å². The van der Waals surface area contributed by atoms with E-state index < -0.39 is 5.25 Å². The van der Waals surface area contributed by atoms with Crippen molar-refractivity contribution >= 4 is 23.4 Å². The van der Waals surface area contributed by atoms with Crippen LogP contribution in [0.3, 0.4) is 0 Å². The molecule has 10 heteroatoms. The number of nitrogens with one attached hydrogen (secondary N) is 1. The summed E-state index contributed by atoms with van der Waals surface area (Å²) in [5.41, 5.74) is 3.64. The molecule has 3 N–H and O–H groups in total. The number of ether oxygens (including phenoxy) is 1. The van der Waals surface area contributed by atoms with Crippen LogP contribution in [0.5, 0.6) is 5.75 Å². The van der Waals surface area contributed by atoms with Gasteiger partial charge < -0.3 is 15.9 Å². The molecule has 0 spiro atoms. The number of nitrogen functional groups attached to an aromatic ring is 1. The molecule has 0 bridgehead atoms. The molecule has 3 aromatic rings. The summed E-state index contributed by atoms with van der Waals surface area (Å²) in [5.74, 6) is 7.64. The summed E-state index contributed by atoms with van der Waals surface area (Å²) < 4.78 is 8.88. The summed E-state index contributed by atoms with van der Waals surface area (Å²) in [7, 11) is 1.84. The second-order valence-electron chi connectivity index (χ2n) is 7.70. The lowest BCUT2D eigenvalue weighted by Gasteiger charge is -2.12. The van der Waals surface area contributed by atoms with Crippen LogP contribution in [0.25, 0.3) is 0 Å². The lowest BCUT2D eigenvalue weighted by Crippen LogP contribution is -2.24. The van der Waals surface area contributed by atoms with Crippen molar-refractivity contribution in [3.05, 3.63) is 47.0 Å². The second-order valence-corrected chi connectivity index (χ2v) is 9.01. The minimum Gasteiger partial charge on any atom is -0.486 e. The Morgan fingerprint density at radius 1 is 1.19 bits per heavy atom. The van der Waals surface area contributed by atoms with E-state index in [1.165, 1.54) is 22.0 Å². The monoisotopic (exact) mass is 443 g/mol. The van der Waals surface area contributed by atoms with Crippen molar-refractivity contribution in [2.75, 3.05) is 11.2 Å². The fourth-order valence-electron chi connectivity index (χ4n) is 2.97. The average Bonchev–Trinajstić information content (AvgIpc) is 3.20. The van der Waals surface area contributed by atoms with E-state index in [9.17, 15) is 4.79 Å². The van der Waals surface area contributed by atoms with Gasteiger partial charge in [-0.3, -0.25) is 9.48 Å². The molecule has 0 saturated carbocycles. The first kappa shape index (κ1) is 22.7. The number of rotatable bonds is 8. The Hall–Kier alpha value is -3.01. The molecular formula is C21H29N7O2S. The van der Waals surface area contributed by atoms with E-state index in [0.29, 0.717) is 16.9 Å². The lowest BCUT2D eigenvalue weighted by atomic mass is 10.0. The van der Waals surface area contributed by atoms with Gasteiger partial charge in [-0.15, -0.1) is 10.2 Å². The maximum absolute atomic E-state index is 12.6. The summed E-state index contributed by atoms with van der Waals surface area (Å²) in [4.78, 5) is 12.6. The molecule has 0 aliphatic carbocycles. The van der Waals surface area contributed by atoms with Gasteiger partial charge in [0.25, 0.3) is 0 Å². The van der Waals surface area contributed by atoms with Crippen LogP contribution in [0.15, 0.2) is 29.4 Å². The quantitative estimate of drug-likeness (QED) is 0.406. The van der Waals surface area contributed by atoms with Crippen LogP contribution >= 0.6 is 11.8 Å². The summed E-state index contributed by atoms with van der Waals surface area (Å²) in [5, 5.41) is 15.5. The topological polar surface area (TPSA) is 113 Å². The van der Waals surface area contributed by atoms with Crippen molar-refractivity contribution in [3.8, 4) is 5.75 Å². The Morgan fingerprint density at radius 2 is 1.87 bits per heavy atom. The zero-order valence-electron chi connectivity index (χ0n) is 18.7. The van der Waals surface area contributed by atoms with Gasteiger partial charge in [0.15, 0.2) is 5.82 Å². The number of amides is 1. The average molecular weight is 444 g/mol. The fraction of sp³-hybridized carbons (Fsp3) is 0.429. The van der Waals surface area contributed by atoms with E-state index in [1.54, 1.807) is 11.6 Å². The molecule has 0 aliphatic heterocycles. The SMILES string of the molecule is Cc1nn(C)c(C)c1NC(=O)[C@H](C)Sc1nnc(COc2ccc(C(C)C)cc2)n1N. The molecule has 9 nitrogen and oxygen atoms in total. The standard InChI is InChI=1S/C21H29N7O2S/c1-12(2)16-7-9-17(10-8-16)30-11-18-24-25-21(28(18)22)31-15(5)20(29)23-19-13(3)26-27(6)14(19)4/h7-10,12,15H,11,22H2,1-6H3,(H,23,29)/t15-/m0/s1. The number of aryl methyl sites for hydroxylation is 2. The first-order valence-corrected chi connectivity index (χ1v) is 10.9. The van der Waals surface area contributed by atoms with Crippen LogP contribution in [0.4, 0.5) is 5.69 Å². The first-order valence-electron chi connectivity index (χ1n) is 10.1. The molecule has 31 heavy (non-hydrogen) atoms. The van der Waals surface area contributed by atoms with Gasteiger partial charge in [-0.2, -0.15) is 5.10 Å². The molecule has 166 valence electrons. The number of thioether (sulfide) groups is 1. The zero-order valence-corrected chi connectivity index (χ0v) is 19.5. The number of hydrogen-bond donors (Lipinski definition) is 2. The van der Waals surface area contributed by atoms with Crippen LogP contribution in [0, 0.1) is 13.8 Å². The summed E-state index contributed by atoms with van der Waals surface area (Å²) in [6, 6.07) is 7.94. The number of carbonyl (C=O) groups excluding carboxylic acids is 1. The maximum atomic E-state index is 12.6. The van der Waals surface area contributed by atoms with E-state index in [2.05, 4.69) is 34.5 Å². The predicted molar refractivity (Wildman–Crippen MR) is 122 cm³/mol. The lowest BCUT2D eigenvalue weighted by molar-refractivity contribution is -0.115. The Labute approximate surface area is 186 Å². The van der Waals surface area contributed by atoms with Crippen LogP contribution in [0.1, 0.15) is 49.5 Å². The van der Waals surface area contributed by atoms with Crippen molar-refractivity contribution in [3.63, 3.8) is 0 Å². The fourth-order valence-corrected chi connectivity index (χ4v) is 3.76. The minimum atomic E-state index is -0.428. The van der Waals surface area contributed by atoms with Crippen molar-refractivity contribution in [2.45, 2.75) is 57.5 Å². The Bertz CT molecular complexity index is 1060. The third-order valence-corrected chi connectivity index (χ3v) is 6.12.